The zero-order chi connectivity index (χ0) is 15.1. The Morgan fingerprint density at radius 2 is 1.95 bits per heavy atom. The maximum atomic E-state index is 12.0. The average molecular weight is 313 g/mol. The molecule has 2 N–H and O–H groups in total. The Balaban J connectivity index is 1.75. The van der Waals surface area contributed by atoms with Crippen LogP contribution in [0.3, 0.4) is 0 Å². The monoisotopic (exact) mass is 313 g/mol. The molecule has 1 aromatic rings. The molecule has 1 aromatic carbocycles. The summed E-state index contributed by atoms with van der Waals surface area (Å²) < 4.78 is 32.1. The Morgan fingerprint density at radius 3 is 2.67 bits per heavy atom. The van der Waals surface area contributed by atoms with Gasteiger partial charge in [0.05, 0.1) is 25.1 Å². The average Bonchev–Trinajstić information content (AvgIpc) is 2.96. The third-order valence-corrected chi connectivity index (χ3v) is 4.97. The summed E-state index contributed by atoms with van der Waals surface area (Å²) in [6, 6.07) is 6.96. The van der Waals surface area contributed by atoms with Crippen molar-refractivity contribution in [2.24, 2.45) is 0 Å². The molecule has 2 rings (SSSR count). The van der Waals surface area contributed by atoms with E-state index >= 15 is 0 Å². The first-order chi connectivity index (χ1) is 10.1. The molecule has 21 heavy (non-hydrogen) atoms. The van der Waals surface area contributed by atoms with Crippen molar-refractivity contribution >= 4 is 10.0 Å². The number of rotatable bonds is 8. The summed E-state index contributed by atoms with van der Waals surface area (Å²) in [5, 5.41) is 9.06. The number of hydrogen-bond acceptors (Lipinski definition) is 4. The summed E-state index contributed by atoms with van der Waals surface area (Å²) in [7, 11) is -3.37. The lowest BCUT2D eigenvalue weighted by molar-refractivity contribution is 0.0626. The van der Waals surface area contributed by atoms with Gasteiger partial charge in [-0.25, -0.2) is 13.1 Å². The second kappa shape index (κ2) is 7.89. The van der Waals surface area contributed by atoms with Gasteiger partial charge in [0, 0.05) is 6.54 Å². The lowest BCUT2D eigenvalue weighted by atomic mass is 10.1. The lowest BCUT2D eigenvalue weighted by Crippen LogP contribution is -2.29. The van der Waals surface area contributed by atoms with Gasteiger partial charge >= 0.3 is 0 Å². The topological polar surface area (TPSA) is 75.6 Å². The van der Waals surface area contributed by atoms with Crippen LogP contribution in [0.5, 0.6) is 0 Å². The van der Waals surface area contributed by atoms with E-state index in [1.807, 2.05) is 0 Å². The Hall–Kier alpha value is -0.950. The van der Waals surface area contributed by atoms with E-state index in [1.54, 1.807) is 24.3 Å². The van der Waals surface area contributed by atoms with E-state index in [-0.39, 0.29) is 12.4 Å². The van der Waals surface area contributed by atoms with Gasteiger partial charge in [0.1, 0.15) is 0 Å². The molecule has 1 aliphatic rings. The number of nitrogens with one attached hydrogen (secondary N) is 1. The largest absolute Gasteiger partial charge is 0.392 e. The van der Waals surface area contributed by atoms with Crippen molar-refractivity contribution in [3.8, 4) is 0 Å². The Morgan fingerprint density at radius 1 is 1.24 bits per heavy atom. The molecular formula is C15H23NO4S. The first-order valence-corrected chi connectivity index (χ1v) is 9.02. The van der Waals surface area contributed by atoms with Crippen LogP contribution in [0.2, 0.25) is 0 Å². The number of aliphatic hydroxyl groups excluding tert-OH is 1. The summed E-state index contributed by atoms with van der Waals surface area (Å²) in [6.45, 7) is 0.635. The molecular weight excluding hydrogens is 290 g/mol. The Kier molecular flexibility index (Phi) is 6.17. The first-order valence-electron chi connectivity index (χ1n) is 7.37. The molecule has 0 spiro atoms. The fraction of sp³-hybridized carbons (Fsp3) is 0.600. The van der Waals surface area contributed by atoms with Gasteiger partial charge in [0.25, 0.3) is 0 Å². The van der Waals surface area contributed by atoms with Crippen LogP contribution in [0, 0.1) is 0 Å². The van der Waals surface area contributed by atoms with E-state index in [4.69, 9.17) is 9.84 Å². The van der Waals surface area contributed by atoms with E-state index in [0.29, 0.717) is 30.4 Å². The van der Waals surface area contributed by atoms with Crippen molar-refractivity contribution in [1.29, 1.82) is 0 Å². The van der Waals surface area contributed by atoms with Crippen LogP contribution >= 0.6 is 0 Å². The highest BCUT2D eigenvalue weighted by molar-refractivity contribution is 7.88. The van der Waals surface area contributed by atoms with Crippen LogP contribution in [0.25, 0.3) is 0 Å². The molecule has 0 atom stereocenters. The van der Waals surface area contributed by atoms with Gasteiger partial charge in [0.2, 0.25) is 10.0 Å². The number of hydrogen-bond donors (Lipinski definition) is 2. The molecule has 0 amide bonds. The van der Waals surface area contributed by atoms with Gasteiger partial charge < -0.3 is 9.84 Å². The maximum absolute atomic E-state index is 12.0. The molecule has 6 heteroatoms. The summed E-state index contributed by atoms with van der Waals surface area (Å²) in [5.74, 6) is -0.0791. The van der Waals surface area contributed by atoms with Crippen LogP contribution in [0.15, 0.2) is 24.3 Å². The van der Waals surface area contributed by atoms with Crippen LogP contribution in [0.1, 0.15) is 36.8 Å². The number of sulfonamides is 1. The molecule has 0 heterocycles. The SMILES string of the molecule is O=S(=O)(Cc1cccc(CO)c1)NCCOC1CCCC1. The minimum absolute atomic E-state index is 0.0791. The van der Waals surface area contributed by atoms with Gasteiger partial charge in [-0.15, -0.1) is 0 Å². The van der Waals surface area contributed by atoms with Crippen molar-refractivity contribution in [2.45, 2.75) is 44.1 Å². The fourth-order valence-electron chi connectivity index (χ4n) is 2.57. The zero-order valence-corrected chi connectivity index (χ0v) is 12.9. The number of ether oxygens (including phenoxy) is 1. The van der Waals surface area contributed by atoms with Crippen LogP contribution in [-0.4, -0.2) is 32.8 Å². The Labute approximate surface area is 126 Å². The van der Waals surface area contributed by atoms with Crippen molar-refractivity contribution in [1.82, 2.24) is 4.72 Å². The van der Waals surface area contributed by atoms with Gasteiger partial charge in [0.15, 0.2) is 0 Å². The van der Waals surface area contributed by atoms with E-state index in [0.717, 1.165) is 12.8 Å². The van der Waals surface area contributed by atoms with E-state index in [9.17, 15) is 8.42 Å². The van der Waals surface area contributed by atoms with Gasteiger partial charge in [-0.3, -0.25) is 0 Å². The second-order valence-electron chi connectivity index (χ2n) is 5.41. The number of aliphatic hydroxyl groups is 1. The molecule has 0 aromatic heterocycles. The summed E-state index contributed by atoms with van der Waals surface area (Å²) in [4.78, 5) is 0. The molecule has 0 bridgehead atoms. The first kappa shape index (κ1) is 16.4. The zero-order valence-electron chi connectivity index (χ0n) is 12.1. The molecule has 0 saturated heterocycles. The van der Waals surface area contributed by atoms with Crippen LogP contribution < -0.4 is 4.72 Å². The predicted molar refractivity (Wildman–Crippen MR) is 81.2 cm³/mol. The normalized spacial score (nSPS) is 16.4. The molecule has 1 fully saturated rings. The minimum atomic E-state index is -3.37. The van der Waals surface area contributed by atoms with Crippen LogP contribution in [-0.2, 0) is 27.1 Å². The van der Waals surface area contributed by atoms with E-state index < -0.39 is 10.0 Å². The summed E-state index contributed by atoms with van der Waals surface area (Å²) in [6.07, 6.45) is 4.88. The highest BCUT2D eigenvalue weighted by Gasteiger charge is 2.16. The van der Waals surface area contributed by atoms with E-state index in [1.165, 1.54) is 12.8 Å². The molecule has 118 valence electrons. The van der Waals surface area contributed by atoms with Crippen molar-refractivity contribution < 1.29 is 18.3 Å². The second-order valence-corrected chi connectivity index (χ2v) is 7.22. The molecule has 0 unspecified atom stereocenters. The van der Waals surface area contributed by atoms with Gasteiger partial charge in [-0.05, 0) is 24.0 Å². The third kappa shape index (κ3) is 5.74. The molecule has 1 aliphatic carbocycles. The van der Waals surface area contributed by atoms with Crippen molar-refractivity contribution in [3.05, 3.63) is 35.4 Å². The summed E-state index contributed by atoms with van der Waals surface area (Å²) in [5.41, 5.74) is 1.39. The van der Waals surface area contributed by atoms with Crippen LogP contribution in [0.4, 0.5) is 0 Å². The van der Waals surface area contributed by atoms with Crippen molar-refractivity contribution in [2.75, 3.05) is 13.2 Å². The number of benzene rings is 1. The smallest absolute Gasteiger partial charge is 0.215 e. The fourth-order valence-corrected chi connectivity index (χ4v) is 3.68. The predicted octanol–water partition coefficient (Wildman–Crippen LogP) is 1.56. The molecule has 5 nitrogen and oxygen atoms in total. The summed E-state index contributed by atoms with van der Waals surface area (Å²) >= 11 is 0. The quantitative estimate of drug-likeness (QED) is 0.714. The maximum Gasteiger partial charge on any atom is 0.215 e. The van der Waals surface area contributed by atoms with Gasteiger partial charge in [-0.1, -0.05) is 37.1 Å². The third-order valence-electron chi connectivity index (χ3n) is 3.61. The van der Waals surface area contributed by atoms with Gasteiger partial charge in [-0.2, -0.15) is 0 Å². The highest BCUT2D eigenvalue weighted by atomic mass is 32.2. The molecule has 0 radical (unpaired) electrons. The standard InChI is InChI=1S/C15H23NO4S/c17-11-13-4-3-5-14(10-13)12-21(18,19)16-8-9-20-15-6-1-2-7-15/h3-5,10,15-17H,1-2,6-9,11-12H2. The lowest BCUT2D eigenvalue weighted by Gasteiger charge is -2.12. The minimum Gasteiger partial charge on any atom is -0.392 e. The molecule has 0 aliphatic heterocycles. The van der Waals surface area contributed by atoms with Crippen molar-refractivity contribution in [3.63, 3.8) is 0 Å². The highest BCUT2D eigenvalue weighted by Crippen LogP contribution is 2.20. The molecule has 1 saturated carbocycles. The Bertz CT molecular complexity index is 538. The van der Waals surface area contributed by atoms with E-state index in [2.05, 4.69) is 4.72 Å².